The molecule has 4 nitrogen and oxygen atoms in total. The van der Waals surface area contributed by atoms with Crippen molar-refractivity contribution in [2.45, 2.75) is 19.8 Å². The maximum absolute atomic E-state index is 6.07. The summed E-state index contributed by atoms with van der Waals surface area (Å²) in [7, 11) is 0. The number of nitrogens with one attached hydrogen (secondary N) is 1. The van der Waals surface area contributed by atoms with Gasteiger partial charge in [-0.3, -0.25) is 0 Å². The van der Waals surface area contributed by atoms with Gasteiger partial charge in [-0.2, -0.15) is 4.37 Å². The summed E-state index contributed by atoms with van der Waals surface area (Å²) >= 11 is 13.5. The van der Waals surface area contributed by atoms with Gasteiger partial charge < -0.3 is 14.8 Å². The number of benzene rings is 4. The van der Waals surface area contributed by atoms with E-state index in [1.54, 1.807) is 6.07 Å². The number of halogens is 2. The van der Waals surface area contributed by atoms with Crippen LogP contribution in [0.5, 0.6) is 11.5 Å². The van der Waals surface area contributed by atoms with Gasteiger partial charge >= 0.3 is 0 Å². The Kier molecular flexibility index (Phi) is 7.38. The van der Waals surface area contributed by atoms with Crippen LogP contribution >= 0.6 is 34.7 Å². The topological polar surface area (TPSA) is 43.4 Å². The second-order valence-electron chi connectivity index (χ2n) is 8.00. The second-order valence-corrected chi connectivity index (χ2v) is 9.62. The lowest BCUT2D eigenvalue weighted by molar-refractivity contribution is 0.306. The maximum Gasteiger partial charge on any atom is 0.147 e. The Balaban J connectivity index is 1.18. The molecule has 0 aliphatic rings. The van der Waals surface area contributed by atoms with E-state index in [4.69, 9.17) is 32.7 Å². The van der Waals surface area contributed by atoms with Gasteiger partial charge in [0.1, 0.15) is 30.5 Å². The molecule has 0 fully saturated rings. The normalized spacial score (nSPS) is 10.9. The molecular formula is C28H22Cl2N2O2S. The van der Waals surface area contributed by atoms with Crippen molar-refractivity contribution in [2.24, 2.45) is 0 Å². The summed E-state index contributed by atoms with van der Waals surface area (Å²) in [4.78, 5) is 0. The Bertz CT molecular complexity index is 1420. The number of nitrogens with zero attached hydrogens (tertiary/aromatic N) is 1. The van der Waals surface area contributed by atoms with Crippen molar-refractivity contribution < 1.29 is 9.47 Å². The SMILES string of the molecule is Clc1ccc(COc2ccc(CNc3nsc4ccc(OCc5ccccc5)cc34)cc2)cc1Cl. The van der Waals surface area contributed by atoms with Gasteiger partial charge in [-0.25, -0.2) is 0 Å². The monoisotopic (exact) mass is 520 g/mol. The quantitative estimate of drug-likeness (QED) is 0.212. The number of aromatic nitrogens is 1. The number of fused-ring (bicyclic) bond motifs is 1. The van der Waals surface area contributed by atoms with Gasteiger partial charge in [-0.15, -0.1) is 0 Å². The lowest BCUT2D eigenvalue weighted by Crippen LogP contribution is -2.00. The van der Waals surface area contributed by atoms with Crippen LogP contribution in [0.3, 0.4) is 0 Å². The van der Waals surface area contributed by atoms with Gasteiger partial charge in [0.25, 0.3) is 0 Å². The fourth-order valence-electron chi connectivity index (χ4n) is 3.56. The first-order valence-corrected chi connectivity index (χ1v) is 12.6. The smallest absolute Gasteiger partial charge is 0.147 e. The average Bonchev–Trinajstić information content (AvgIpc) is 3.30. The molecule has 4 aromatic carbocycles. The molecule has 0 amide bonds. The van der Waals surface area contributed by atoms with E-state index in [0.717, 1.165) is 44.1 Å². The fourth-order valence-corrected chi connectivity index (χ4v) is 4.62. The summed E-state index contributed by atoms with van der Waals surface area (Å²) in [6.45, 7) is 1.61. The summed E-state index contributed by atoms with van der Waals surface area (Å²) in [6.07, 6.45) is 0. The van der Waals surface area contributed by atoms with E-state index in [2.05, 4.69) is 27.9 Å². The summed E-state index contributed by atoms with van der Waals surface area (Å²) in [5.41, 5.74) is 3.23. The largest absolute Gasteiger partial charge is 0.489 e. The van der Waals surface area contributed by atoms with Crippen LogP contribution in [0.15, 0.2) is 91.0 Å². The molecule has 1 heterocycles. The minimum absolute atomic E-state index is 0.425. The lowest BCUT2D eigenvalue weighted by Gasteiger charge is -2.09. The van der Waals surface area contributed by atoms with Crippen molar-refractivity contribution in [1.82, 2.24) is 4.37 Å². The molecule has 0 bridgehead atoms. The van der Waals surface area contributed by atoms with Crippen LogP contribution in [0.4, 0.5) is 5.82 Å². The number of anilines is 1. The fraction of sp³-hybridized carbons (Fsp3) is 0.107. The molecule has 1 aromatic heterocycles. The summed E-state index contributed by atoms with van der Waals surface area (Å²) in [6, 6.07) is 29.7. The van der Waals surface area contributed by atoms with Gasteiger partial charge in [0.15, 0.2) is 0 Å². The first kappa shape index (κ1) is 23.5. The second kappa shape index (κ2) is 11.0. The molecule has 5 rings (SSSR count). The van der Waals surface area contributed by atoms with E-state index in [-0.39, 0.29) is 0 Å². The first-order valence-electron chi connectivity index (χ1n) is 11.1. The van der Waals surface area contributed by atoms with Gasteiger partial charge in [0.05, 0.1) is 14.7 Å². The Morgan fingerprint density at radius 2 is 1.40 bits per heavy atom. The molecule has 35 heavy (non-hydrogen) atoms. The standard InChI is InChI=1S/C28H22Cl2N2O2S/c29-25-12-8-21(14-26(25)30)18-33-22-9-6-19(7-10-22)16-31-28-24-15-23(11-13-27(24)35-32-28)34-17-20-4-2-1-3-5-20/h1-15H,16-18H2,(H,31,32). The number of hydrogen-bond acceptors (Lipinski definition) is 5. The van der Waals surface area contributed by atoms with E-state index in [1.807, 2.05) is 66.7 Å². The number of ether oxygens (including phenoxy) is 2. The van der Waals surface area contributed by atoms with E-state index in [0.29, 0.717) is 29.8 Å². The van der Waals surface area contributed by atoms with Crippen LogP contribution in [-0.2, 0) is 19.8 Å². The van der Waals surface area contributed by atoms with Crippen LogP contribution in [0, 0.1) is 0 Å². The molecule has 0 radical (unpaired) electrons. The molecule has 0 saturated heterocycles. The molecule has 0 aliphatic carbocycles. The molecule has 5 aromatic rings. The number of rotatable bonds is 9. The summed E-state index contributed by atoms with van der Waals surface area (Å²) < 4.78 is 17.6. The van der Waals surface area contributed by atoms with Gasteiger partial charge in [0, 0.05) is 11.9 Å². The van der Waals surface area contributed by atoms with Gasteiger partial charge in [-0.05, 0) is 70.7 Å². The molecule has 0 aliphatic heterocycles. The van der Waals surface area contributed by atoms with Crippen LogP contribution < -0.4 is 14.8 Å². The minimum atomic E-state index is 0.425. The highest BCUT2D eigenvalue weighted by Crippen LogP contribution is 2.31. The van der Waals surface area contributed by atoms with Crippen molar-refractivity contribution >= 4 is 50.6 Å². The highest BCUT2D eigenvalue weighted by molar-refractivity contribution is 7.13. The van der Waals surface area contributed by atoms with Crippen LogP contribution in [-0.4, -0.2) is 4.37 Å². The molecular weight excluding hydrogens is 499 g/mol. The van der Waals surface area contributed by atoms with Crippen molar-refractivity contribution in [1.29, 1.82) is 0 Å². The molecule has 1 N–H and O–H groups in total. The maximum atomic E-state index is 6.07. The molecule has 0 spiro atoms. The van der Waals surface area contributed by atoms with E-state index < -0.39 is 0 Å². The first-order chi connectivity index (χ1) is 17.1. The van der Waals surface area contributed by atoms with Crippen molar-refractivity contribution in [3.63, 3.8) is 0 Å². The van der Waals surface area contributed by atoms with Crippen LogP contribution in [0.1, 0.15) is 16.7 Å². The van der Waals surface area contributed by atoms with E-state index in [1.165, 1.54) is 11.5 Å². The zero-order valence-electron chi connectivity index (χ0n) is 18.7. The Morgan fingerprint density at radius 1 is 0.686 bits per heavy atom. The third-order valence-corrected chi connectivity index (χ3v) is 7.03. The third kappa shape index (κ3) is 6.06. The van der Waals surface area contributed by atoms with Gasteiger partial charge in [-0.1, -0.05) is 71.7 Å². The predicted octanol–water partition coefficient (Wildman–Crippen LogP) is 8.37. The van der Waals surface area contributed by atoms with Crippen molar-refractivity contribution in [2.75, 3.05) is 5.32 Å². The molecule has 0 atom stereocenters. The summed E-state index contributed by atoms with van der Waals surface area (Å²) in [5, 5.41) is 5.57. The van der Waals surface area contributed by atoms with E-state index >= 15 is 0 Å². The Labute approximate surface area is 218 Å². The molecule has 0 saturated carbocycles. The van der Waals surface area contributed by atoms with Crippen LogP contribution in [0.2, 0.25) is 10.0 Å². The predicted molar refractivity (Wildman–Crippen MR) is 145 cm³/mol. The van der Waals surface area contributed by atoms with Gasteiger partial charge in [0.2, 0.25) is 0 Å². The third-order valence-electron chi connectivity index (χ3n) is 5.46. The zero-order chi connectivity index (χ0) is 24.0. The lowest BCUT2D eigenvalue weighted by atomic mass is 10.2. The van der Waals surface area contributed by atoms with Crippen LogP contribution in [0.25, 0.3) is 10.1 Å². The minimum Gasteiger partial charge on any atom is -0.489 e. The molecule has 0 unspecified atom stereocenters. The Morgan fingerprint density at radius 3 is 2.20 bits per heavy atom. The molecule has 176 valence electrons. The zero-order valence-corrected chi connectivity index (χ0v) is 21.0. The average molecular weight is 521 g/mol. The molecule has 7 heteroatoms. The van der Waals surface area contributed by atoms with E-state index in [9.17, 15) is 0 Å². The Hall–Kier alpha value is -3.25. The highest BCUT2D eigenvalue weighted by atomic mass is 35.5. The number of hydrogen-bond donors (Lipinski definition) is 1. The highest BCUT2D eigenvalue weighted by Gasteiger charge is 2.08. The van der Waals surface area contributed by atoms with Crippen molar-refractivity contribution in [3.05, 3.63) is 118 Å². The van der Waals surface area contributed by atoms with Crippen molar-refractivity contribution in [3.8, 4) is 11.5 Å². The summed E-state index contributed by atoms with van der Waals surface area (Å²) in [5.74, 6) is 2.47.